The van der Waals surface area contributed by atoms with Crippen LogP contribution in [0.2, 0.25) is 0 Å². The second-order valence-electron chi connectivity index (χ2n) is 4.13. The highest BCUT2D eigenvalue weighted by Gasteiger charge is 2.15. The van der Waals surface area contributed by atoms with Gasteiger partial charge in [-0.15, -0.1) is 0 Å². The van der Waals surface area contributed by atoms with E-state index in [9.17, 15) is 4.79 Å². The molecule has 20 heavy (non-hydrogen) atoms. The SMILES string of the molecule is COCCN(CCC(N)=NO)C(=O)c1ccc(I)cc1. The molecule has 0 atom stereocenters. The van der Waals surface area contributed by atoms with Gasteiger partial charge in [-0.3, -0.25) is 4.79 Å². The summed E-state index contributed by atoms with van der Waals surface area (Å²) in [5.41, 5.74) is 6.05. The Kier molecular flexibility index (Phi) is 7.31. The summed E-state index contributed by atoms with van der Waals surface area (Å²) in [4.78, 5) is 14.0. The van der Waals surface area contributed by atoms with Crippen LogP contribution in [0.3, 0.4) is 0 Å². The Morgan fingerprint density at radius 1 is 1.40 bits per heavy atom. The van der Waals surface area contributed by atoms with Crippen LogP contribution in [0.1, 0.15) is 16.8 Å². The Labute approximate surface area is 131 Å². The number of carbonyl (C=O) groups excluding carboxylic acids is 1. The molecule has 0 radical (unpaired) electrons. The van der Waals surface area contributed by atoms with Gasteiger partial charge in [0, 0.05) is 35.8 Å². The minimum atomic E-state index is -0.0933. The zero-order valence-corrected chi connectivity index (χ0v) is 13.4. The van der Waals surface area contributed by atoms with Gasteiger partial charge in [-0.1, -0.05) is 5.16 Å². The van der Waals surface area contributed by atoms with Crippen molar-refractivity contribution >= 4 is 34.3 Å². The maximum absolute atomic E-state index is 12.4. The largest absolute Gasteiger partial charge is 0.409 e. The van der Waals surface area contributed by atoms with Crippen LogP contribution >= 0.6 is 22.6 Å². The third-order valence-corrected chi connectivity index (χ3v) is 3.43. The van der Waals surface area contributed by atoms with Gasteiger partial charge in [0.05, 0.1) is 6.61 Å². The summed E-state index contributed by atoms with van der Waals surface area (Å²) in [6.07, 6.45) is 0.316. The van der Waals surface area contributed by atoms with E-state index in [-0.39, 0.29) is 11.7 Å². The fraction of sp³-hybridized carbons (Fsp3) is 0.385. The molecule has 0 unspecified atom stereocenters. The summed E-state index contributed by atoms with van der Waals surface area (Å²) < 4.78 is 6.07. The number of hydrogen-bond donors (Lipinski definition) is 2. The molecule has 0 bridgehead atoms. The lowest BCUT2D eigenvalue weighted by atomic mass is 10.2. The van der Waals surface area contributed by atoms with Crippen molar-refractivity contribution in [3.05, 3.63) is 33.4 Å². The first-order chi connectivity index (χ1) is 9.58. The van der Waals surface area contributed by atoms with Gasteiger partial charge in [0.15, 0.2) is 0 Å². The molecule has 0 spiro atoms. The van der Waals surface area contributed by atoms with Gasteiger partial charge in [-0.05, 0) is 46.9 Å². The minimum absolute atomic E-state index is 0.0933. The molecule has 1 amide bonds. The molecule has 0 aromatic heterocycles. The first kappa shape index (κ1) is 16.7. The number of amidine groups is 1. The van der Waals surface area contributed by atoms with Crippen LogP contribution in [-0.4, -0.2) is 48.7 Å². The lowest BCUT2D eigenvalue weighted by Crippen LogP contribution is -2.36. The summed E-state index contributed by atoms with van der Waals surface area (Å²) in [5.74, 6) is 0.00650. The molecule has 1 aromatic carbocycles. The summed E-state index contributed by atoms with van der Waals surface area (Å²) in [7, 11) is 1.58. The van der Waals surface area contributed by atoms with E-state index in [2.05, 4.69) is 27.7 Å². The second kappa shape index (κ2) is 8.75. The van der Waals surface area contributed by atoms with Crippen LogP contribution in [0.25, 0.3) is 0 Å². The molecule has 0 aliphatic rings. The van der Waals surface area contributed by atoms with Crippen LogP contribution in [0.15, 0.2) is 29.4 Å². The number of carbonyl (C=O) groups is 1. The number of oxime groups is 1. The lowest BCUT2D eigenvalue weighted by molar-refractivity contribution is 0.0700. The van der Waals surface area contributed by atoms with E-state index in [1.165, 1.54) is 0 Å². The topological polar surface area (TPSA) is 88.2 Å². The zero-order valence-electron chi connectivity index (χ0n) is 11.3. The van der Waals surface area contributed by atoms with E-state index in [0.29, 0.717) is 31.7 Å². The van der Waals surface area contributed by atoms with Crippen molar-refractivity contribution in [3.63, 3.8) is 0 Å². The van der Waals surface area contributed by atoms with Crippen molar-refractivity contribution < 1.29 is 14.7 Å². The molecule has 110 valence electrons. The first-order valence-electron chi connectivity index (χ1n) is 6.08. The number of halogens is 1. The maximum Gasteiger partial charge on any atom is 0.253 e. The summed E-state index contributed by atoms with van der Waals surface area (Å²) in [6, 6.07) is 7.33. The molecule has 1 rings (SSSR count). The Balaban J connectivity index is 2.75. The highest BCUT2D eigenvalue weighted by atomic mass is 127. The fourth-order valence-electron chi connectivity index (χ4n) is 1.59. The van der Waals surface area contributed by atoms with E-state index in [4.69, 9.17) is 15.7 Å². The molecule has 0 heterocycles. The van der Waals surface area contributed by atoms with E-state index < -0.39 is 0 Å². The van der Waals surface area contributed by atoms with Crippen molar-refractivity contribution in [2.75, 3.05) is 26.8 Å². The van der Waals surface area contributed by atoms with Gasteiger partial charge in [0.2, 0.25) is 0 Å². The van der Waals surface area contributed by atoms with Crippen molar-refractivity contribution in [2.24, 2.45) is 10.9 Å². The smallest absolute Gasteiger partial charge is 0.253 e. The first-order valence-corrected chi connectivity index (χ1v) is 7.16. The Morgan fingerprint density at radius 3 is 2.60 bits per heavy atom. The molecule has 0 aliphatic carbocycles. The Morgan fingerprint density at radius 2 is 2.05 bits per heavy atom. The number of nitrogens with two attached hydrogens (primary N) is 1. The van der Waals surface area contributed by atoms with Crippen LogP contribution in [-0.2, 0) is 4.74 Å². The molecule has 0 aliphatic heterocycles. The quantitative estimate of drug-likeness (QED) is 0.243. The van der Waals surface area contributed by atoms with Gasteiger partial charge in [-0.25, -0.2) is 0 Å². The maximum atomic E-state index is 12.4. The third kappa shape index (κ3) is 5.33. The summed E-state index contributed by atoms with van der Waals surface area (Å²) in [5, 5.41) is 11.5. The summed E-state index contributed by atoms with van der Waals surface area (Å²) in [6.45, 7) is 1.27. The number of hydrogen-bond acceptors (Lipinski definition) is 4. The van der Waals surface area contributed by atoms with Crippen LogP contribution in [0.5, 0.6) is 0 Å². The predicted molar refractivity (Wildman–Crippen MR) is 85.0 cm³/mol. The standard InChI is InChI=1S/C13H18IN3O3/c1-20-9-8-17(7-6-12(15)16-19)13(18)10-2-4-11(14)5-3-10/h2-5,19H,6-9H2,1H3,(H2,15,16). The molecule has 0 saturated heterocycles. The number of ether oxygens (including phenoxy) is 1. The minimum Gasteiger partial charge on any atom is -0.409 e. The van der Waals surface area contributed by atoms with Crippen LogP contribution in [0, 0.1) is 3.57 Å². The number of nitrogens with zero attached hydrogens (tertiary/aromatic N) is 2. The molecule has 0 saturated carbocycles. The van der Waals surface area contributed by atoms with Crippen molar-refractivity contribution in [1.29, 1.82) is 0 Å². The van der Waals surface area contributed by atoms with Gasteiger partial charge >= 0.3 is 0 Å². The second-order valence-corrected chi connectivity index (χ2v) is 5.38. The molecule has 3 N–H and O–H groups in total. The average Bonchev–Trinajstić information content (AvgIpc) is 2.47. The van der Waals surface area contributed by atoms with E-state index >= 15 is 0 Å². The molecule has 7 heteroatoms. The summed E-state index contributed by atoms with van der Waals surface area (Å²) >= 11 is 2.19. The van der Waals surface area contributed by atoms with E-state index in [1.54, 1.807) is 24.1 Å². The molecule has 6 nitrogen and oxygen atoms in total. The average molecular weight is 391 g/mol. The van der Waals surface area contributed by atoms with Gasteiger partial charge in [-0.2, -0.15) is 0 Å². The monoisotopic (exact) mass is 391 g/mol. The molecule has 0 fully saturated rings. The third-order valence-electron chi connectivity index (χ3n) is 2.71. The number of methoxy groups -OCH3 is 1. The highest BCUT2D eigenvalue weighted by molar-refractivity contribution is 14.1. The van der Waals surface area contributed by atoms with E-state index in [1.807, 2.05) is 12.1 Å². The van der Waals surface area contributed by atoms with Gasteiger partial charge in [0.25, 0.3) is 5.91 Å². The number of benzene rings is 1. The number of amides is 1. The van der Waals surface area contributed by atoms with E-state index in [0.717, 1.165) is 3.57 Å². The van der Waals surface area contributed by atoms with Crippen LogP contribution < -0.4 is 5.73 Å². The zero-order chi connectivity index (χ0) is 15.0. The molecule has 1 aromatic rings. The highest BCUT2D eigenvalue weighted by Crippen LogP contribution is 2.10. The normalized spacial score (nSPS) is 11.4. The molecular weight excluding hydrogens is 373 g/mol. The van der Waals surface area contributed by atoms with Crippen LogP contribution in [0.4, 0.5) is 0 Å². The van der Waals surface area contributed by atoms with Crippen molar-refractivity contribution in [3.8, 4) is 0 Å². The van der Waals surface area contributed by atoms with Crippen molar-refractivity contribution in [2.45, 2.75) is 6.42 Å². The van der Waals surface area contributed by atoms with Crippen molar-refractivity contribution in [1.82, 2.24) is 4.90 Å². The lowest BCUT2D eigenvalue weighted by Gasteiger charge is -2.22. The van der Waals surface area contributed by atoms with Gasteiger partial charge < -0.3 is 20.6 Å². The number of rotatable bonds is 7. The fourth-order valence-corrected chi connectivity index (χ4v) is 1.95. The predicted octanol–water partition coefficient (Wildman–Crippen LogP) is 1.52. The Hall–Kier alpha value is -1.35. The Bertz CT molecular complexity index is 462. The van der Waals surface area contributed by atoms with Gasteiger partial charge in [0.1, 0.15) is 5.84 Å². The molecular formula is C13H18IN3O3.